The summed E-state index contributed by atoms with van der Waals surface area (Å²) in [4.78, 5) is 27.6. The molecule has 0 heterocycles. The molecule has 31 heavy (non-hydrogen) atoms. The van der Waals surface area contributed by atoms with Gasteiger partial charge in [0, 0.05) is 30.5 Å². The maximum atomic E-state index is 14.0. The van der Waals surface area contributed by atoms with Crippen molar-refractivity contribution < 1.29 is 23.1 Å². The van der Waals surface area contributed by atoms with Crippen LogP contribution in [0.25, 0.3) is 0 Å². The van der Waals surface area contributed by atoms with Crippen molar-refractivity contribution in [3.63, 3.8) is 0 Å². The molecule has 0 aliphatic rings. The number of likely N-dealkylation sites (N-methyl/N-ethyl adjacent to an activating group) is 1. The second-order valence-electron chi connectivity index (χ2n) is 6.19. The van der Waals surface area contributed by atoms with Crippen LogP contribution < -0.4 is 21.7 Å². The number of halogens is 2. The predicted octanol–water partition coefficient (Wildman–Crippen LogP) is 1.75. The number of amides is 2. The van der Waals surface area contributed by atoms with Gasteiger partial charge in [0.2, 0.25) is 5.90 Å². The number of nitrogens with one attached hydrogen (secondary N) is 3. The number of methoxy groups -OCH3 is 1. The zero-order chi connectivity index (χ0) is 22.8. The van der Waals surface area contributed by atoms with Crippen molar-refractivity contribution in [2.45, 2.75) is 0 Å². The second kappa shape index (κ2) is 11.4. The van der Waals surface area contributed by atoms with Gasteiger partial charge in [0.25, 0.3) is 11.8 Å². The number of anilines is 1. The van der Waals surface area contributed by atoms with Gasteiger partial charge in [-0.05, 0) is 43.4 Å². The number of carbonyl (C=O) groups is 2. The van der Waals surface area contributed by atoms with Crippen molar-refractivity contribution >= 4 is 23.4 Å². The average Bonchev–Trinajstić information content (AvgIpc) is 2.75. The molecule has 10 heteroatoms. The van der Waals surface area contributed by atoms with Crippen LogP contribution in [-0.2, 0) is 9.53 Å². The van der Waals surface area contributed by atoms with Gasteiger partial charge in [-0.15, -0.1) is 0 Å². The van der Waals surface area contributed by atoms with Crippen LogP contribution in [0.15, 0.2) is 59.4 Å². The van der Waals surface area contributed by atoms with Crippen molar-refractivity contribution in [1.82, 2.24) is 10.6 Å². The van der Waals surface area contributed by atoms with E-state index < -0.39 is 29.0 Å². The van der Waals surface area contributed by atoms with Gasteiger partial charge in [0.15, 0.2) is 0 Å². The molecule has 0 radical (unpaired) electrons. The van der Waals surface area contributed by atoms with E-state index in [1.165, 1.54) is 12.3 Å². The Balaban J connectivity index is 2.20. The van der Waals surface area contributed by atoms with Crippen molar-refractivity contribution in [1.29, 1.82) is 0 Å². The van der Waals surface area contributed by atoms with Crippen LogP contribution in [0.3, 0.4) is 0 Å². The number of nitrogens with two attached hydrogens (primary N) is 1. The van der Waals surface area contributed by atoms with Crippen LogP contribution in [0.2, 0.25) is 0 Å². The number of nitrogens with zero attached hydrogens (tertiary/aromatic N) is 1. The molecular weight excluding hydrogens is 408 g/mol. The van der Waals surface area contributed by atoms with Gasteiger partial charge in [-0.25, -0.2) is 13.8 Å². The van der Waals surface area contributed by atoms with Crippen LogP contribution in [-0.4, -0.2) is 45.0 Å². The Morgan fingerprint density at radius 3 is 2.29 bits per heavy atom. The standard InChI is InChI=1S/C21H23F2N5O3/c1-25-10-11-26-20(30)13-6-8-14(9-7-13)27-12-17(19(24)29)28-21(31-2)18-15(22)4-3-5-16(18)23/h3-9,12,25,27H,10-11H2,1-2H3,(H2,24,29)(H,26,30)/b17-12+,28-21?. The lowest BCUT2D eigenvalue weighted by atomic mass is 10.2. The second-order valence-corrected chi connectivity index (χ2v) is 6.19. The highest BCUT2D eigenvalue weighted by atomic mass is 19.1. The number of benzene rings is 2. The molecule has 164 valence electrons. The Labute approximate surface area is 178 Å². The van der Waals surface area contributed by atoms with E-state index in [4.69, 9.17) is 10.5 Å². The Morgan fingerprint density at radius 1 is 1.10 bits per heavy atom. The summed E-state index contributed by atoms with van der Waals surface area (Å²) < 4.78 is 33.0. The lowest BCUT2D eigenvalue weighted by Crippen LogP contribution is -2.30. The summed E-state index contributed by atoms with van der Waals surface area (Å²) in [6, 6.07) is 9.67. The van der Waals surface area contributed by atoms with Crippen LogP contribution in [0.1, 0.15) is 15.9 Å². The Hall–Kier alpha value is -3.79. The van der Waals surface area contributed by atoms with Gasteiger partial charge in [0.05, 0.1) is 7.11 Å². The normalized spacial score (nSPS) is 11.7. The van der Waals surface area contributed by atoms with Crippen molar-refractivity contribution in [2.75, 3.05) is 32.6 Å². The fraction of sp³-hybridized carbons (Fsp3) is 0.190. The monoisotopic (exact) mass is 431 g/mol. The van der Waals surface area contributed by atoms with Crippen LogP contribution >= 0.6 is 0 Å². The molecule has 0 spiro atoms. The van der Waals surface area contributed by atoms with E-state index in [2.05, 4.69) is 20.9 Å². The minimum absolute atomic E-state index is 0.226. The summed E-state index contributed by atoms with van der Waals surface area (Å²) in [7, 11) is 2.95. The average molecular weight is 431 g/mol. The smallest absolute Gasteiger partial charge is 0.268 e. The molecule has 0 saturated heterocycles. The number of ether oxygens (including phenoxy) is 1. The molecule has 0 aliphatic heterocycles. The first-order valence-corrected chi connectivity index (χ1v) is 9.23. The third-order valence-electron chi connectivity index (χ3n) is 4.03. The van der Waals surface area contributed by atoms with Crippen molar-refractivity contribution in [3.8, 4) is 0 Å². The molecule has 0 unspecified atom stereocenters. The summed E-state index contributed by atoms with van der Waals surface area (Å²) in [6.45, 7) is 1.13. The summed E-state index contributed by atoms with van der Waals surface area (Å²) in [5.41, 5.74) is 5.46. The summed E-state index contributed by atoms with van der Waals surface area (Å²) in [5, 5.41) is 8.47. The molecule has 0 aliphatic carbocycles. The SMILES string of the molecule is CNCCNC(=O)c1ccc(N/C=C(/N=C(OC)c2c(F)cccc2F)C(N)=O)cc1. The third kappa shape index (κ3) is 6.61. The van der Waals surface area contributed by atoms with Crippen LogP contribution in [0.5, 0.6) is 0 Å². The molecule has 0 bridgehead atoms. The van der Waals surface area contributed by atoms with Gasteiger partial charge in [0.1, 0.15) is 22.9 Å². The van der Waals surface area contributed by atoms with Gasteiger partial charge >= 0.3 is 0 Å². The van der Waals surface area contributed by atoms with E-state index in [0.717, 1.165) is 19.2 Å². The van der Waals surface area contributed by atoms with E-state index >= 15 is 0 Å². The summed E-state index contributed by atoms with van der Waals surface area (Å²) in [6.07, 6.45) is 1.17. The van der Waals surface area contributed by atoms with Gasteiger partial charge in [-0.2, -0.15) is 0 Å². The first kappa shape index (κ1) is 23.5. The first-order valence-electron chi connectivity index (χ1n) is 9.23. The summed E-state index contributed by atoms with van der Waals surface area (Å²) in [5.74, 6) is -3.42. The number of hydrogen-bond donors (Lipinski definition) is 4. The maximum absolute atomic E-state index is 14.0. The van der Waals surface area contributed by atoms with E-state index in [0.29, 0.717) is 24.3 Å². The minimum Gasteiger partial charge on any atom is -0.480 e. The minimum atomic E-state index is -0.945. The van der Waals surface area contributed by atoms with E-state index in [9.17, 15) is 18.4 Å². The van der Waals surface area contributed by atoms with Gasteiger partial charge < -0.3 is 26.4 Å². The zero-order valence-corrected chi connectivity index (χ0v) is 17.0. The number of aliphatic imine (C=N–C) groups is 1. The fourth-order valence-corrected chi connectivity index (χ4v) is 2.45. The predicted molar refractivity (Wildman–Crippen MR) is 114 cm³/mol. The molecule has 2 amide bonds. The third-order valence-corrected chi connectivity index (χ3v) is 4.03. The highest BCUT2D eigenvalue weighted by molar-refractivity contribution is 6.00. The fourth-order valence-electron chi connectivity index (χ4n) is 2.45. The molecule has 0 fully saturated rings. The highest BCUT2D eigenvalue weighted by Crippen LogP contribution is 2.16. The largest absolute Gasteiger partial charge is 0.480 e. The number of carbonyl (C=O) groups excluding carboxylic acids is 2. The van der Waals surface area contributed by atoms with E-state index in [-0.39, 0.29) is 11.6 Å². The van der Waals surface area contributed by atoms with Crippen molar-refractivity contribution in [3.05, 3.63) is 77.1 Å². The molecule has 8 nitrogen and oxygen atoms in total. The highest BCUT2D eigenvalue weighted by Gasteiger charge is 2.17. The quantitative estimate of drug-likeness (QED) is 0.209. The molecule has 0 aromatic heterocycles. The Bertz CT molecular complexity index is 971. The van der Waals surface area contributed by atoms with E-state index in [1.807, 2.05) is 0 Å². The van der Waals surface area contributed by atoms with Crippen LogP contribution in [0.4, 0.5) is 14.5 Å². The molecular formula is C21H23F2N5O3. The van der Waals surface area contributed by atoms with Crippen molar-refractivity contribution in [2.24, 2.45) is 10.7 Å². The van der Waals surface area contributed by atoms with Gasteiger partial charge in [-0.1, -0.05) is 6.07 Å². The molecule has 0 atom stereocenters. The maximum Gasteiger partial charge on any atom is 0.268 e. The number of rotatable bonds is 9. The molecule has 2 aromatic carbocycles. The molecule has 2 aromatic rings. The Morgan fingerprint density at radius 2 is 1.74 bits per heavy atom. The molecule has 5 N–H and O–H groups in total. The number of primary amides is 1. The first-order chi connectivity index (χ1) is 14.9. The Kier molecular flexibility index (Phi) is 8.64. The number of hydrogen-bond acceptors (Lipinski definition) is 6. The topological polar surface area (TPSA) is 118 Å². The lowest BCUT2D eigenvalue weighted by molar-refractivity contribution is -0.114. The molecule has 2 rings (SSSR count). The van der Waals surface area contributed by atoms with E-state index in [1.54, 1.807) is 31.3 Å². The molecule has 0 saturated carbocycles. The lowest BCUT2D eigenvalue weighted by Gasteiger charge is -2.09. The zero-order valence-electron chi connectivity index (χ0n) is 17.0. The van der Waals surface area contributed by atoms with Gasteiger partial charge in [-0.3, -0.25) is 9.59 Å². The summed E-state index contributed by atoms with van der Waals surface area (Å²) >= 11 is 0. The van der Waals surface area contributed by atoms with Crippen LogP contribution in [0, 0.1) is 11.6 Å².